The number of amides is 5. The van der Waals surface area contributed by atoms with Gasteiger partial charge >= 0.3 is 6.03 Å². The molecule has 1 spiro atoms. The fourth-order valence-electron chi connectivity index (χ4n) is 3.57. The van der Waals surface area contributed by atoms with E-state index < -0.39 is 35.3 Å². The Balaban J connectivity index is 1.64. The van der Waals surface area contributed by atoms with Gasteiger partial charge in [-0.3, -0.25) is 25.2 Å². The van der Waals surface area contributed by atoms with Crippen molar-refractivity contribution in [2.75, 3.05) is 7.11 Å². The second kappa shape index (κ2) is 7.67. The molecule has 1 saturated heterocycles. The molecule has 9 nitrogen and oxygen atoms in total. The second-order valence-corrected chi connectivity index (χ2v) is 7.29. The van der Waals surface area contributed by atoms with Crippen molar-refractivity contribution in [1.29, 1.82) is 0 Å². The summed E-state index contributed by atoms with van der Waals surface area (Å²) >= 11 is 5.86. The van der Waals surface area contributed by atoms with Crippen LogP contribution in [0.2, 0.25) is 5.02 Å². The number of carbonyl (C=O) groups is 4. The van der Waals surface area contributed by atoms with E-state index in [4.69, 9.17) is 16.3 Å². The van der Waals surface area contributed by atoms with Gasteiger partial charge in [0.2, 0.25) is 0 Å². The highest BCUT2D eigenvalue weighted by atomic mass is 35.5. The number of nitrogens with one attached hydrogen (secondary N) is 3. The molecule has 150 valence electrons. The first-order chi connectivity index (χ1) is 13.3. The van der Waals surface area contributed by atoms with Crippen molar-refractivity contribution in [1.82, 2.24) is 21.1 Å². The molecule has 0 aromatic heterocycles. The van der Waals surface area contributed by atoms with Gasteiger partial charge in [-0.15, -0.1) is 0 Å². The van der Waals surface area contributed by atoms with Gasteiger partial charge in [0, 0.05) is 5.02 Å². The van der Waals surface area contributed by atoms with Crippen LogP contribution >= 0.6 is 11.6 Å². The van der Waals surface area contributed by atoms with Crippen LogP contribution in [0.1, 0.15) is 43.0 Å². The number of hydrogen-bond acceptors (Lipinski definition) is 5. The maximum Gasteiger partial charge on any atom is 0.325 e. The van der Waals surface area contributed by atoms with Crippen molar-refractivity contribution >= 4 is 35.4 Å². The molecule has 1 aromatic carbocycles. The molecule has 1 aliphatic carbocycles. The summed E-state index contributed by atoms with van der Waals surface area (Å²) in [5, 5.41) is 3.11. The number of hydrazine groups is 1. The van der Waals surface area contributed by atoms with Gasteiger partial charge in [-0.1, -0.05) is 24.4 Å². The summed E-state index contributed by atoms with van der Waals surface area (Å²) in [5.41, 5.74) is 3.77. The summed E-state index contributed by atoms with van der Waals surface area (Å²) in [6.45, 7) is 1.43. The SMILES string of the molecule is COc1cc(Cl)ccc1C(=O)NNC(=O)C(C)N1C(=O)NC2(CCCC2)C1=O. The molecule has 10 heteroatoms. The van der Waals surface area contributed by atoms with Gasteiger partial charge in [-0.2, -0.15) is 0 Å². The highest BCUT2D eigenvalue weighted by Crippen LogP contribution is 2.35. The van der Waals surface area contributed by atoms with Gasteiger partial charge < -0.3 is 10.1 Å². The Labute approximate surface area is 166 Å². The van der Waals surface area contributed by atoms with Crippen LogP contribution in [-0.4, -0.2) is 47.3 Å². The third kappa shape index (κ3) is 3.49. The van der Waals surface area contributed by atoms with Crippen molar-refractivity contribution in [3.63, 3.8) is 0 Å². The molecule has 1 saturated carbocycles. The number of benzene rings is 1. The van der Waals surface area contributed by atoms with Gasteiger partial charge in [0.25, 0.3) is 17.7 Å². The number of hydrogen-bond donors (Lipinski definition) is 3. The minimum absolute atomic E-state index is 0.166. The Morgan fingerprint density at radius 2 is 1.93 bits per heavy atom. The number of rotatable bonds is 4. The normalized spacial score (nSPS) is 18.8. The summed E-state index contributed by atoms with van der Waals surface area (Å²) in [5.74, 6) is -1.48. The lowest BCUT2D eigenvalue weighted by Crippen LogP contribution is -2.53. The molecule has 2 aliphatic rings. The molecule has 5 amide bonds. The smallest absolute Gasteiger partial charge is 0.325 e. The summed E-state index contributed by atoms with van der Waals surface area (Å²) in [6, 6.07) is 2.75. The Kier molecular flexibility index (Phi) is 5.46. The van der Waals surface area contributed by atoms with E-state index in [0.29, 0.717) is 17.9 Å². The number of nitrogens with zero attached hydrogens (tertiary/aromatic N) is 1. The minimum Gasteiger partial charge on any atom is -0.496 e. The molecule has 1 atom stereocenters. The van der Waals surface area contributed by atoms with Crippen LogP contribution in [0.5, 0.6) is 5.75 Å². The minimum atomic E-state index is -1.08. The van der Waals surface area contributed by atoms with E-state index in [1.165, 1.54) is 32.2 Å². The number of ether oxygens (including phenoxy) is 1. The van der Waals surface area contributed by atoms with Gasteiger partial charge in [0.05, 0.1) is 12.7 Å². The van der Waals surface area contributed by atoms with E-state index >= 15 is 0 Å². The molecular weight excluding hydrogens is 388 g/mol. The maximum atomic E-state index is 12.7. The first kappa shape index (κ1) is 19.9. The van der Waals surface area contributed by atoms with Crippen LogP contribution in [0, 0.1) is 0 Å². The highest BCUT2D eigenvalue weighted by molar-refractivity contribution is 6.30. The molecule has 3 rings (SSSR count). The average Bonchev–Trinajstić information content (AvgIpc) is 3.23. The van der Waals surface area contributed by atoms with Crippen LogP contribution in [0.25, 0.3) is 0 Å². The first-order valence-electron chi connectivity index (χ1n) is 8.88. The number of carbonyl (C=O) groups excluding carboxylic acids is 4. The number of methoxy groups -OCH3 is 1. The average molecular weight is 409 g/mol. The van der Waals surface area contributed by atoms with E-state index in [0.717, 1.165) is 17.7 Å². The van der Waals surface area contributed by atoms with Gasteiger partial charge in [-0.25, -0.2) is 9.69 Å². The van der Waals surface area contributed by atoms with E-state index in [1.807, 2.05) is 0 Å². The lowest BCUT2D eigenvalue weighted by atomic mass is 9.97. The lowest BCUT2D eigenvalue weighted by Gasteiger charge is -2.23. The summed E-state index contributed by atoms with van der Waals surface area (Å²) < 4.78 is 5.10. The topological polar surface area (TPSA) is 117 Å². The van der Waals surface area contributed by atoms with Crippen LogP contribution in [-0.2, 0) is 9.59 Å². The van der Waals surface area contributed by atoms with Crippen LogP contribution < -0.4 is 20.9 Å². The zero-order chi connectivity index (χ0) is 20.5. The largest absolute Gasteiger partial charge is 0.496 e. The molecule has 1 aliphatic heterocycles. The van der Waals surface area contributed by atoms with E-state index in [2.05, 4.69) is 16.2 Å². The zero-order valence-electron chi connectivity index (χ0n) is 15.5. The summed E-state index contributed by atoms with van der Waals surface area (Å²) in [6.07, 6.45) is 2.82. The summed E-state index contributed by atoms with van der Waals surface area (Å²) in [4.78, 5) is 50.6. The third-order valence-electron chi connectivity index (χ3n) is 5.12. The highest BCUT2D eigenvalue weighted by Gasteiger charge is 2.54. The van der Waals surface area contributed by atoms with E-state index in [-0.39, 0.29) is 11.3 Å². The Bertz CT molecular complexity index is 837. The predicted octanol–water partition coefficient (Wildman–Crippen LogP) is 1.36. The predicted molar refractivity (Wildman–Crippen MR) is 99.7 cm³/mol. The molecular formula is C18H21ClN4O5. The quantitative estimate of drug-likeness (QED) is 0.513. The van der Waals surface area contributed by atoms with Crippen LogP contribution in [0.15, 0.2) is 18.2 Å². The van der Waals surface area contributed by atoms with Gasteiger partial charge in [0.1, 0.15) is 17.3 Å². The Morgan fingerprint density at radius 3 is 2.57 bits per heavy atom. The standard InChI is InChI=1S/C18H21ClN4O5/c1-10(23-16(26)18(20-17(23)27)7-3-4-8-18)14(24)21-22-15(25)12-6-5-11(19)9-13(12)28-2/h5-6,9-10H,3-4,7-8H2,1-2H3,(H,20,27)(H,21,24)(H,22,25). The number of imide groups is 1. The van der Waals surface area contributed by atoms with Crippen LogP contribution in [0.4, 0.5) is 4.79 Å². The number of halogens is 1. The fourth-order valence-corrected chi connectivity index (χ4v) is 3.73. The van der Waals surface area contributed by atoms with Gasteiger partial charge in [0.15, 0.2) is 0 Å². The monoisotopic (exact) mass is 408 g/mol. The first-order valence-corrected chi connectivity index (χ1v) is 9.26. The molecule has 28 heavy (non-hydrogen) atoms. The fraction of sp³-hybridized carbons (Fsp3) is 0.444. The number of urea groups is 1. The van der Waals surface area contributed by atoms with E-state index in [1.54, 1.807) is 0 Å². The molecule has 1 unspecified atom stereocenters. The Hall–Kier alpha value is -2.81. The lowest BCUT2D eigenvalue weighted by molar-refractivity contribution is -0.138. The summed E-state index contributed by atoms with van der Waals surface area (Å²) in [7, 11) is 1.39. The molecule has 3 N–H and O–H groups in total. The third-order valence-corrected chi connectivity index (χ3v) is 5.36. The van der Waals surface area contributed by atoms with Gasteiger partial charge in [-0.05, 0) is 38.0 Å². The van der Waals surface area contributed by atoms with Crippen molar-refractivity contribution < 1.29 is 23.9 Å². The van der Waals surface area contributed by atoms with E-state index in [9.17, 15) is 19.2 Å². The second-order valence-electron chi connectivity index (χ2n) is 6.86. The Morgan fingerprint density at radius 1 is 1.25 bits per heavy atom. The zero-order valence-corrected chi connectivity index (χ0v) is 16.3. The molecule has 0 radical (unpaired) electrons. The molecule has 1 aromatic rings. The van der Waals surface area contributed by atoms with Crippen molar-refractivity contribution in [3.8, 4) is 5.75 Å². The molecule has 2 fully saturated rings. The molecule has 0 bridgehead atoms. The van der Waals surface area contributed by atoms with Crippen molar-refractivity contribution in [2.45, 2.75) is 44.2 Å². The van der Waals surface area contributed by atoms with Crippen LogP contribution in [0.3, 0.4) is 0 Å². The van der Waals surface area contributed by atoms with Crippen molar-refractivity contribution in [3.05, 3.63) is 28.8 Å². The van der Waals surface area contributed by atoms with Crippen molar-refractivity contribution in [2.24, 2.45) is 0 Å². The maximum absolute atomic E-state index is 12.7. The molecule has 1 heterocycles.